The van der Waals surface area contributed by atoms with E-state index in [2.05, 4.69) is 5.32 Å². The third-order valence-corrected chi connectivity index (χ3v) is 3.18. The molecule has 1 unspecified atom stereocenters. The molecule has 0 spiro atoms. The molecular formula is C10H17FN2O2. The molecule has 0 aliphatic carbocycles. The average Bonchev–Trinajstić information content (AvgIpc) is 2.85. The molecule has 2 fully saturated rings. The van der Waals surface area contributed by atoms with Crippen LogP contribution in [-0.2, 0) is 9.53 Å². The number of alkyl halides is 1. The van der Waals surface area contributed by atoms with Crippen LogP contribution in [0.1, 0.15) is 12.8 Å². The highest BCUT2D eigenvalue weighted by molar-refractivity contribution is 5.82. The molecule has 0 bridgehead atoms. The van der Waals surface area contributed by atoms with E-state index >= 15 is 0 Å². The van der Waals surface area contributed by atoms with Crippen LogP contribution in [0.15, 0.2) is 0 Å². The number of ether oxygens (including phenoxy) is 1. The summed E-state index contributed by atoms with van der Waals surface area (Å²) in [5, 5.41) is 2.90. The van der Waals surface area contributed by atoms with Crippen LogP contribution in [0.4, 0.5) is 4.39 Å². The van der Waals surface area contributed by atoms with Gasteiger partial charge in [-0.25, -0.2) is 4.39 Å². The Kier molecular flexibility index (Phi) is 3.21. The molecule has 86 valence electrons. The summed E-state index contributed by atoms with van der Waals surface area (Å²) in [5.41, 5.74) is 0. The standard InChI is InChI=1S/C10H17FN2O2/c1-13(8-2-3-15-6-8)10(14)9-4-7(11)5-12-9/h7-9,12H,2-6H2,1H3/t7-,8?,9+/m0/s1. The molecule has 15 heavy (non-hydrogen) atoms. The molecule has 0 aromatic rings. The fourth-order valence-electron chi connectivity index (χ4n) is 2.13. The maximum absolute atomic E-state index is 12.9. The summed E-state index contributed by atoms with van der Waals surface area (Å²) in [6.07, 6.45) is 0.303. The molecule has 2 saturated heterocycles. The number of hydrogen-bond acceptors (Lipinski definition) is 3. The smallest absolute Gasteiger partial charge is 0.239 e. The maximum atomic E-state index is 12.9. The van der Waals surface area contributed by atoms with E-state index < -0.39 is 6.17 Å². The summed E-state index contributed by atoms with van der Waals surface area (Å²) in [6, 6.07) is -0.177. The maximum Gasteiger partial charge on any atom is 0.239 e. The van der Waals surface area contributed by atoms with Crippen molar-refractivity contribution in [2.24, 2.45) is 0 Å². The van der Waals surface area contributed by atoms with E-state index in [1.165, 1.54) is 0 Å². The first-order valence-electron chi connectivity index (χ1n) is 5.40. The Hall–Kier alpha value is -0.680. The number of nitrogens with zero attached hydrogens (tertiary/aromatic N) is 1. The first-order valence-corrected chi connectivity index (χ1v) is 5.40. The lowest BCUT2D eigenvalue weighted by Crippen LogP contribution is -2.46. The third-order valence-electron chi connectivity index (χ3n) is 3.18. The Bertz CT molecular complexity index is 244. The van der Waals surface area contributed by atoms with Crippen LogP contribution in [0.25, 0.3) is 0 Å². The highest BCUT2D eigenvalue weighted by Gasteiger charge is 2.34. The van der Waals surface area contributed by atoms with Crippen LogP contribution in [-0.4, -0.2) is 55.9 Å². The van der Waals surface area contributed by atoms with Crippen molar-refractivity contribution in [3.05, 3.63) is 0 Å². The Labute approximate surface area is 88.8 Å². The van der Waals surface area contributed by atoms with Gasteiger partial charge >= 0.3 is 0 Å². The molecular weight excluding hydrogens is 199 g/mol. The zero-order valence-corrected chi connectivity index (χ0v) is 8.91. The van der Waals surface area contributed by atoms with Crippen molar-refractivity contribution >= 4 is 5.91 Å². The second-order valence-electron chi connectivity index (χ2n) is 4.26. The van der Waals surface area contributed by atoms with Gasteiger partial charge in [-0.1, -0.05) is 0 Å². The molecule has 1 amide bonds. The zero-order valence-electron chi connectivity index (χ0n) is 8.91. The molecule has 0 aromatic carbocycles. The average molecular weight is 216 g/mol. The number of carbonyl (C=O) groups is 1. The number of carbonyl (C=O) groups excluding carboxylic acids is 1. The molecule has 0 aromatic heterocycles. The van der Waals surface area contributed by atoms with Crippen LogP contribution in [0, 0.1) is 0 Å². The number of nitrogens with one attached hydrogen (secondary N) is 1. The summed E-state index contributed by atoms with van der Waals surface area (Å²) in [5.74, 6) is -0.00866. The SMILES string of the molecule is CN(C(=O)[C@H]1C[C@H](F)CN1)C1CCOC1. The molecule has 0 radical (unpaired) electrons. The normalized spacial score (nSPS) is 35.7. The van der Waals surface area contributed by atoms with E-state index in [9.17, 15) is 9.18 Å². The van der Waals surface area contributed by atoms with Crippen molar-refractivity contribution < 1.29 is 13.9 Å². The van der Waals surface area contributed by atoms with Crippen molar-refractivity contribution in [1.29, 1.82) is 0 Å². The van der Waals surface area contributed by atoms with Crippen molar-refractivity contribution in [3.8, 4) is 0 Å². The molecule has 4 nitrogen and oxygen atoms in total. The van der Waals surface area contributed by atoms with E-state index in [-0.39, 0.29) is 18.0 Å². The summed E-state index contributed by atoms with van der Waals surface area (Å²) in [6.45, 7) is 1.62. The van der Waals surface area contributed by atoms with Crippen molar-refractivity contribution in [2.45, 2.75) is 31.1 Å². The van der Waals surface area contributed by atoms with E-state index in [4.69, 9.17) is 4.74 Å². The molecule has 2 aliphatic heterocycles. The lowest BCUT2D eigenvalue weighted by molar-refractivity contribution is -0.133. The molecule has 2 rings (SSSR count). The fraction of sp³-hybridized carbons (Fsp3) is 0.900. The van der Waals surface area contributed by atoms with Crippen LogP contribution >= 0.6 is 0 Å². The van der Waals surface area contributed by atoms with Gasteiger partial charge in [0.05, 0.1) is 18.7 Å². The Morgan fingerprint density at radius 3 is 2.93 bits per heavy atom. The van der Waals surface area contributed by atoms with Crippen molar-refractivity contribution in [2.75, 3.05) is 26.8 Å². The number of hydrogen-bond donors (Lipinski definition) is 1. The van der Waals surface area contributed by atoms with Crippen LogP contribution < -0.4 is 5.32 Å². The number of halogens is 1. The Morgan fingerprint density at radius 1 is 1.60 bits per heavy atom. The number of rotatable bonds is 2. The third kappa shape index (κ3) is 2.29. The zero-order chi connectivity index (χ0) is 10.8. The van der Waals surface area contributed by atoms with Crippen LogP contribution in [0.5, 0.6) is 0 Å². The lowest BCUT2D eigenvalue weighted by Gasteiger charge is -2.26. The van der Waals surface area contributed by atoms with Gasteiger partial charge in [-0.05, 0) is 6.42 Å². The van der Waals surface area contributed by atoms with Crippen LogP contribution in [0.2, 0.25) is 0 Å². The van der Waals surface area contributed by atoms with Gasteiger partial charge in [0.25, 0.3) is 0 Å². The molecule has 2 heterocycles. The van der Waals surface area contributed by atoms with Gasteiger partial charge in [0.2, 0.25) is 5.91 Å². The molecule has 1 N–H and O–H groups in total. The summed E-state index contributed by atoms with van der Waals surface area (Å²) >= 11 is 0. The first kappa shape index (κ1) is 10.8. The van der Waals surface area contributed by atoms with Gasteiger partial charge in [0.15, 0.2) is 0 Å². The summed E-state index contributed by atoms with van der Waals surface area (Å²) < 4.78 is 18.1. The Morgan fingerprint density at radius 2 is 2.40 bits per heavy atom. The highest BCUT2D eigenvalue weighted by atomic mass is 19.1. The molecule has 3 atom stereocenters. The quantitative estimate of drug-likeness (QED) is 0.702. The lowest BCUT2D eigenvalue weighted by atomic mass is 10.1. The molecule has 5 heteroatoms. The van der Waals surface area contributed by atoms with Gasteiger partial charge in [-0.3, -0.25) is 4.79 Å². The second-order valence-corrected chi connectivity index (χ2v) is 4.26. The Balaban J connectivity index is 1.89. The topological polar surface area (TPSA) is 41.6 Å². The van der Waals surface area contributed by atoms with Crippen LogP contribution in [0.3, 0.4) is 0 Å². The van der Waals surface area contributed by atoms with E-state index in [1.54, 1.807) is 11.9 Å². The van der Waals surface area contributed by atoms with E-state index in [0.717, 1.165) is 6.42 Å². The van der Waals surface area contributed by atoms with Crippen molar-refractivity contribution in [1.82, 2.24) is 10.2 Å². The number of amides is 1. The monoisotopic (exact) mass is 216 g/mol. The van der Waals surface area contributed by atoms with E-state index in [1.807, 2.05) is 0 Å². The minimum absolute atomic E-state index is 0.00866. The predicted octanol–water partition coefficient (Wildman–Crippen LogP) is -0.0663. The highest BCUT2D eigenvalue weighted by Crippen LogP contribution is 2.16. The van der Waals surface area contributed by atoms with Gasteiger partial charge < -0.3 is 15.0 Å². The van der Waals surface area contributed by atoms with Gasteiger partial charge in [-0.15, -0.1) is 0 Å². The summed E-state index contributed by atoms with van der Waals surface area (Å²) in [7, 11) is 1.77. The van der Waals surface area contributed by atoms with Gasteiger partial charge in [0, 0.05) is 26.6 Å². The predicted molar refractivity (Wildman–Crippen MR) is 53.3 cm³/mol. The fourth-order valence-corrected chi connectivity index (χ4v) is 2.13. The second kappa shape index (κ2) is 4.45. The summed E-state index contributed by atoms with van der Waals surface area (Å²) in [4.78, 5) is 13.6. The largest absolute Gasteiger partial charge is 0.379 e. The number of likely N-dealkylation sites (N-methyl/N-ethyl adjacent to an activating group) is 1. The van der Waals surface area contributed by atoms with Gasteiger partial charge in [0.1, 0.15) is 6.17 Å². The van der Waals surface area contributed by atoms with E-state index in [0.29, 0.717) is 26.2 Å². The molecule has 2 aliphatic rings. The molecule has 0 saturated carbocycles. The minimum atomic E-state index is -0.882. The van der Waals surface area contributed by atoms with Gasteiger partial charge in [-0.2, -0.15) is 0 Å². The first-order chi connectivity index (χ1) is 7.18. The minimum Gasteiger partial charge on any atom is -0.379 e. The van der Waals surface area contributed by atoms with Crippen molar-refractivity contribution in [3.63, 3.8) is 0 Å².